The molecule has 1 atom stereocenters. The van der Waals surface area contributed by atoms with Crippen molar-refractivity contribution in [1.29, 1.82) is 0 Å². The van der Waals surface area contributed by atoms with Crippen LogP contribution in [0.25, 0.3) is 16.8 Å². The molecular formula is C28H25BClN5O3. The SMILES string of the molecule is CCNC(=O)C[C@@H]1N=C(c2ccc(Cl)cc2)c2cc(-c3ccc4c(c3)COB4O)ccc2-n2c(C)nnc21. The average molecular weight is 526 g/mol. The molecule has 0 aliphatic carbocycles. The van der Waals surface area contributed by atoms with Gasteiger partial charge in [-0.15, -0.1) is 10.2 Å². The Bertz CT molecular complexity index is 1580. The number of aryl methyl sites for hydroxylation is 1. The Labute approximate surface area is 225 Å². The maximum absolute atomic E-state index is 12.7. The van der Waals surface area contributed by atoms with E-state index >= 15 is 0 Å². The van der Waals surface area contributed by atoms with Gasteiger partial charge in [0.15, 0.2) is 5.82 Å². The molecule has 0 unspecified atom stereocenters. The topological polar surface area (TPSA) is 102 Å². The van der Waals surface area contributed by atoms with Crippen LogP contribution in [0.1, 0.15) is 47.7 Å². The van der Waals surface area contributed by atoms with Crippen LogP contribution in [0.5, 0.6) is 0 Å². The lowest BCUT2D eigenvalue weighted by atomic mass is 9.79. The molecule has 0 saturated heterocycles. The summed E-state index contributed by atoms with van der Waals surface area (Å²) in [7, 11) is -0.883. The molecule has 3 aromatic carbocycles. The number of hydrogen-bond donors (Lipinski definition) is 2. The molecular weight excluding hydrogens is 501 g/mol. The number of aliphatic imine (C=N–C) groups is 1. The van der Waals surface area contributed by atoms with Crippen LogP contribution in [-0.4, -0.2) is 45.1 Å². The summed E-state index contributed by atoms with van der Waals surface area (Å²) in [4.78, 5) is 17.8. The molecule has 6 rings (SSSR count). The molecule has 10 heteroatoms. The van der Waals surface area contributed by atoms with Gasteiger partial charge in [-0.05, 0) is 66.3 Å². The Morgan fingerprint density at radius 2 is 1.84 bits per heavy atom. The molecule has 0 saturated carbocycles. The van der Waals surface area contributed by atoms with Crippen molar-refractivity contribution in [3.63, 3.8) is 0 Å². The molecule has 2 N–H and O–H groups in total. The van der Waals surface area contributed by atoms with Crippen LogP contribution < -0.4 is 10.8 Å². The van der Waals surface area contributed by atoms with Crippen LogP contribution >= 0.6 is 11.6 Å². The number of benzene rings is 3. The quantitative estimate of drug-likeness (QED) is 0.388. The predicted octanol–water partition coefficient (Wildman–Crippen LogP) is 3.53. The van der Waals surface area contributed by atoms with Gasteiger partial charge < -0.3 is 15.0 Å². The summed E-state index contributed by atoms with van der Waals surface area (Å²) in [5, 5.41) is 22.3. The molecule has 4 aromatic rings. The Hall–Kier alpha value is -3.79. The van der Waals surface area contributed by atoms with Crippen molar-refractivity contribution in [3.05, 3.63) is 94.0 Å². The van der Waals surface area contributed by atoms with E-state index in [9.17, 15) is 9.82 Å². The van der Waals surface area contributed by atoms with Crippen LogP contribution in [0.15, 0.2) is 65.7 Å². The summed E-state index contributed by atoms with van der Waals surface area (Å²) in [5.74, 6) is 1.24. The van der Waals surface area contributed by atoms with Crippen LogP contribution in [0, 0.1) is 6.92 Å². The van der Waals surface area contributed by atoms with Gasteiger partial charge >= 0.3 is 7.12 Å². The van der Waals surface area contributed by atoms with E-state index in [4.69, 9.17) is 21.2 Å². The highest BCUT2D eigenvalue weighted by Crippen LogP contribution is 2.35. The Morgan fingerprint density at radius 1 is 1.11 bits per heavy atom. The third kappa shape index (κ3) is 4.32. The Morgan fingerprint density at radius 3 is 2.63 bits per heavy atom. The largest absolute Gasteiger partial charge is 0.491 e. The molecule has 0 spiro atoms. The van der Waals surface area contributed by atoms with Crippen molar-refractivity contribution in [2.45, 2.75) is 32.9 Å². The maximum atomic E-state index is 12.7. The van der Waals surface area contributed by atoms with Gasteiger partial charge in [-0.1, -0.05) is 41.9 Å². The maximum Gasteiger partial charge on any atom is 0.491 e. The summed E-state index contributed by atoms with van der Waals surface area (Å²) in [6, 6.07) is 19.2. The molecule has 0 fully saturated rings. The number of fused-ring (bicyclic) bond motifs is 4. The summed E-state index contributed by atoms with van der Waals surface area (Å²) >= 11 is 6.21. The van der Waals surface area contributed by atoms with Crippen LogP contribution in [0.2, 0.25) is 5.02 Å². The molecule has 190 valence electrons. The van der Waals surface area contributed by atoms with Crippen LogP contribution in [-0.2, 0) is 16.1 Å². The molecule has 2 aliphatic heterocycles. The second-order valence-corrected chi connectivity index (χ2v) is 9.84. The van der Waals surface area contributed by atoms with E-state index in [1.807, 2.05) is 60.9 Å². The minimum Gasteiger partial charge on any atom is -0.423 e. The fourth-order valence-electron chi connectivity index (χ4n) is 5.10. The molecule has 2 aliphatic rings. The van der Waals surface area contributed by atoms with Crippen LogP contribution in [0.3, 0.4) is 0 Å². The van der Waals surface area contributed by atoms with Gasteiger partial charge in [0.2, 0.25) is 5.91 Å². The second kappa shape index (κ2) is 9.83. The molecule has 3 heterocycles. The molecule has 0 bridgehead atoms. The lowest BCUT2D eigenvalue weighted by molar-refractivity contribution is -0.121. The van der Waals surface area contributed by atoms with Crippen molar-refractivity contribution in [3.8, 4) is 16.8 Å². The summed E-state index contributed by atoms with van der Waals surface area (Å²) < 4.78 is 7.37. The standard InChI is InChI=1S/C28H25BClN5O3/c1-3-31-26(36)14-24-28-34-33-16(2)35(28)25-11-7-19(18-6-10-23-20(12-18)15-38-29(23)37)13-22(25)27(32-24)17-4-8-21(30)9-5-17/h4-13,24,37H,3,14-15H2,1-2H3,(H,31,36)/t24-/m0/s1. The molecule has 8 nitrogen and oxygen atoms in total. The van der Waals surface area contributed by atoms with Gasteiger partial charge in [0.1, 0.15) is 11.9 Å². The van der Waals surface area contributed by atoms with E-state index in [1.54, 1.807) is 0 Å². The Kier molecular flexibility index (Phi) is 6.35. The number of aromatic nitrogens is 3. The van der Waals surface area contributed by atoms with E-state index in [0.717, 1.165) is 44.7 Å². The van der Waals surface area contributed by atoms with Crippen molar-refractivity contribution in [2.75, 3.05) is 6.54 Å². The zero-order chi connectivity index (χ0) is 26.4. The smallest absolute Gasteiger partial charge is 0.423 e. The molecule has 38 heavy (non-hydrogen) atoms. The third-order valence-corrected chi connectivity index (χ3v) is 7.19. The van der Waals surface area contributed by atoms with Crippen LogP contribution in [0.4, 0.5) is 0 Å². The van der Waals surface area contributed by atoms with Gasteiger partial charge in [0, 0.05) is 22.7 Å². The monoisotopic (exact) mass is 525 g/mol. The zero-order valence-electron chi connectivity index (χ0n) is 21.0. The Balaban J connectivity index is 1.55. The van der Waals surface area contributed by atoms with Gasteiger partial charge in [-0.3, -0.25) is 14.4 Å². The first-order valence-electron chi connectivity index (χ1n) is 12.5. The second-order valence-electron chi connectivity index (χ2n) is 9.41. The summed E-state index contributed by atoms with van der Waals surface area (Å²) in [6.07, 6.45) is 0.150. The van der Waals surface area contributed by atoms with E-state index in [1.165, 1.54) is 0 Å². The number of nitrogens with one attached hydrogen (secondary N) is 1. The molecule has 0 radical (unpaired) electrons. The molecule has 1 amide bonds. The van der Waals surface area contributed by atoms with Gasteiger partial charge in [-0.25, -0.2) is 0 Å². The van der Waals surface area contributed by atoms with Crippen molar-refractivity contribution >= 4 is 35.8 Å². The van der Waals surface area contributed by atoms with E-state index in [2.05, 4.69) is 33.7 Å². The predicted molar refractivity (Wildman–Crippen MR) is 147 cm³/mol. The van der Waals surface area contributed by atoms with Crippen molar-refractivity contribution in [1.82, 2.24) is 20.1 Å². The van der Waals surface area contributed by atoms with Gasteiger partial charge in [-0.2, -0.15) is 0 Å². The number of nitrogens with zero attached hydrogens (tertiary/aromatic N) is 4. The number of carbonyl (C=O) groups is 1. The van der Waals surface area contributed by atoms with Crippen molar-refractivity contribution in [2.24, 2.45) is 4.99 Å². The van der Waals surface area contributed by atoms with E-state index in [-0.39, 0.29) is 12.3 Å². The molecule has 1 aromatic heterocycles. The number of hydrogen-bond acceptors (Lipinski definition) is 6. The highest BCUT2D eigenvalue weighted by molar-refractivity contribution is 6.61. The first kappa shape index (κ1) is 24.5. The first-order valence-corrected chi connectivity index (χ1v) is 12.9. The third-order valence-electron chi connectivity index (χ3n) is 6.93. The first-order chi connectivity index (χ1) is 18.4. The zero-order valence-corrected chi connectivity index (χ0v) is 21.7. The highest BCUT2D eigenvalue weighted by Gasteiger charge is 2.31. The van der Waals surface area contributed by atoms with Gasteiger partial charge in [0.05, 0.1) is 24.4 Å². The summed E-state index contributed by atoms with van der Waals surface area (Å²) in [6.45, 7) is 4.70. The fraction of sp³-hybridized carbons (Fsp3) is 0.214. The minimum absolute atomic E-state index is 0.0990. The fourth-order valence-corrected chi connectivity index (χ4v) is 5.23. The number of rotatable bonds is 5. The van der Waals surface area contributed by atoms with Gasteiger partial charge in [0.25, 0.3) is 0 Å². The van der Waals surface area contributed by atoms with E-state index in [0.29, 0.717) is 29.8 Å². The average Bonchev–Trinajstić information content (AvgIpc) is 3.45. The lowest BCUT2D eigenvalue weighted by Crippen LogP contribution is -2.27. The number of halogens is 1. The minimum atomic E-state index is -0.883. The summed E-state index contributed by atoms with van der Waals surface area (Å²) in [5.41, 5.74) is 7.17. The highest BCUT2D eigenvalue weighted by atomic mass is 35.5. The van der Waals surface area contributed by atoms with E-state index < -0.39 is 13.2 Å². The number of amides is 1. The van der Waals surface area contributed by atoms with Crippen molar-refractivity contribution < 1.29 is 14.5 Å². The lowest BCUT2D eigenvalue weighted by Gasteiger charge is -2.15. The normalized spacial score (nSPS) is 15.8. The number of carbonyl (C=O) groups excluding carboxylic acids is 1.